The molecule has 2 aromatic rings. The lowest BCUT2D eigenvalue weighted by Crippen LogP contribution is -2.66. The summed E-state index contributed by atoms with van der Waals surface area (Å²) >= 11 is 0. The second-order valence-corrected chi connectivity index (χ2v) is 10.6. The Morgan fingerprint density at radius 1 is 0.826 bits per heavy atom. The summed E-state index contributed by atoms with van der Waals surface area (Å²) in [7, 11) is 1.53. The number of carbonyl (C=O) groups excluding carboxylic acids is 6. The van der Waals surface area contributed by atoms with Gasteiger partial charge in [0, 0.05) is 34.2 Å². The first-order valence-corrected chi connectivity index (χ1v) is 14.3. The number of methoxy groups -OCH3 is 1. The Kier molecular flexibility index (Phi) is 12.6. The molecule has 0 aromatic heterocycles. The summed E-state index contributed by atoms with van der Waals surface area (Å²) in [6, 6.07) is 12.7. The Hall–Kier alpha value is -4.98. The maximum absolute atomic E-state index is 14.1. The van der Waals surface area contributed by atoms with Crippen molar-refractivity contribution in [1.82, 2.24) is 10.2 Å². The molecular weight excluding hydrogens is 604 g/mol. The fourth-order valence-electron chi connectivity index (χ4n) is 4.94. The van der Waals surface area contributed by atoms with Gasteiger partial charge in [0.25, 0.3) is 0 Å². The van der Waals surface area contributed by atoms with Crippen molar-refractivity contribution < 1.29 is 57.2 Å². The van der Waals surface area contributed by atoms with Crippen molar-refractivity contribution in [1.29, 1.82) is 0 Å². The van der Waals surface area contributed by atoms with Gasteiger partial charge in [0.1, 0.15) is 24.5 Å². The van der Waals surface area contributed by atoms with E-state index in [1.54, 1.807) is 48.5 Å². The van der Waals surface area contributed by atoms with Crippen molar-refractivity contribution in [2.24, 2.45) is 0 Å². The Bertz CT molecular complexity index is 1390. The van der Waals surface area contributed by atoms with Crippen LogP contribution in [0.15, 0.2) is 48.5 Å². The van der Waals surface area contributed by atoms with Gasteiger partial charge < -0.3 is 38.6 Å². The first kappa shape index (κ1) is 35.5. The summed E-state index contributed by atoms with van der Waals surface area (Å²) in [6.45, 7) is 5.86. The van der Waals surface area contributed by atoms with Crippen molar-refractivity contribution in [3.63, 3.8) is 0 Å². The van der Waals surface area contributed by atoms with Crippen LogP contribution >= 0.6 is 0 Å². The van der Waals surface area contributed by atoms with E-state index in [-0.39, 0.29) is 6.54 Å². The molecule has 0 bridgehead atoms. The lowest BCUT2D eigenvalue weighted by atomic mass is 9.96. The zero-order chi connectivity index (χ0) is 34.0. The molecule has 1 N–H and O–H groups in total. The number of amides is 2. The zero-order valence-corrected chi connectivity index (χ0v) is 26.4. The Balaban J connectivity index is 2.04. The number of nitrogens with one attached hydrogen (secondary N) is 1. The summed E-state index contributed by atoms with van der Waals surface area (Å²) in [6.07, 6.45) is -6.66. The topological polar surface area (TPSA) is 173 Å². The van der Waals surface area contributed by atoms with Crippen LogP contribution in [0.1, 0.15) is 50.4 Å². The molecule has 1 aliphatic heterocycles. The first-order chi connectivity index (χ1) is 21.8. The van der Waals surface area contributed by atoms with Crippen molar-refractivity contribution in [2.75, 3.05) is 13.7 Å². The fraction of sp³-hybridized carbons (Fsp3) is 0.438. The van der Waals surface area contributed by atoms with Crippen molar-refractivity contribution in [3.8, 4) is 5.75 Å². The van der Waals surface area contributed by atoms with E-state index in [1.165, 1.54) is 12.0 Å². The highest BCUT2D eigenvalue weighted by Crippen LogP contribution is 2.30. The van der Waals surface area contributed by atoms with Gasteiger partial charge in [0.15, 0.2) is 24.5 Å². The molecule has 0 radical (unpaired) electrons. The van der Waals surface area contributed by atoms with Crippen molar-refractivity contribution >= 4 is 36.2 Å². The molecule has 1 aliphatic rings. The molecule has 2 amide bonds. The first-order valence-electron chi connectivity index (χ1n) is 14.3. The zero-order valence-electron chi connectivity index (χ0n) is 26.4. The quantitative estimate of drug-likeness (QED) is 0.191. The molecule has 2 aromatic carbocycles. The highest BCUT2D eigenvalue weighted by atomic mass is 16.7. The fourth-order valence-corrected chi connectivity index (χ4v) is 4.94. The number of nitrogens with zero attached hydrogens (tertiary/aromatic N) is 1. The summed E-state index contributed by atoms with van der Waals surface area (Å²) in [5.74, 6) is -3.25. The molecule has 46 heavy (non-hydrogen) atoms. The average Bonchev–Trinajstić information content (AvgIpc) is 2.99. The normalized spacial score (nSPS) is 21.1. The largest absolute Gasteiger partial charge is 0.497 e. The van der Waals surface area contributed by atoms with Gasteiger partial charge in [-0.1, -0.05) is 42.0 Å². The van der Waals surface area contributed by atoms with Crippen LogP contribution < -0.4 is 10.1 Å². The van der Waals surface area contributed by atoms with Crippen LogP contribution in [0, 0.1) is 6.92 Å². The van der Waals surface area contributed by atoms with Gasteiger partial charge in [-0.15, -0.1) is 0 Å². The second kappa shape index (κ2) is 16.4. The Labute approximate surface area is 266 Å². The molecule has 1 saturated heterocycles. The minimum atomic E-state index is -1.52. The number of esters is 4. The van der Waals surface area contributed by atoms with E-state index >= 15 is 0 Å². The maximum atomic E-state index is 14.1. The molecule has 6 atom stereocenters. The van der Waals surface area contributed by atoms with Gasteiger partial charge in [0.2, 0.25) is 12.3 Å². The Morgan fingerprint density at radius 3 is 1.91 bits per heavy atom. The van der Waals surface area contributed by atoms with Crippen LogP contribution in [0.2, 0.25) is 0 Å². The van der Waals surface area contributed by atoms with Crippen LogP contribution in [-0.2, 0) is 59.0 Å². The van der Waals surface area contributed by atoms with Crippen LogP contribution in [-0.4, -0.2) is 85.5 Å². The van der Waals surface area contributed by atoms with Crippen molar-refractivity contribution in [3.05, 3.63) is 65.2 Å². The molecule has 0 spiro atoms. The maximum Gasteiger partial charge on any atom is 0.303 e. The van der Waals surface area contributed by atoms with Gasteiger partial charge in [-0.05, 0) is 30.2 Å². The third kappa shape index (κ3) is 9.76. The predicted octanol–water partition coefficient (Wildman–Crippen LogP) is 1.90. The number of ether oxygens (including phenoxy) is 6. The smallest absolute Gasteiger partial charge is 0.303 e. The molecular formula is C32H38N2O12. The Morgan fingerprint density at radius 2 is 1.39 bits per heavy atom. The third-order valence-corrected chi connectivity index (χ3v) is 6.91. The summed E-state index contributed by atoms with van der Waals surface area (Å²) in [4.78, 5) is 76.0. The van der Waals surface area contributed by atoms with Gasteiger partial charge >= 0.3 is 23.9 Å². The number of hydrogen-bond acceptors (Lipinski definition) is 12. The summed E-state index contributed by atoms with van der Waals surface area (Å²) in [5, 5.41) is 2.67. The average molecular weight is 643 g/mol. The summed E-state index contributed by atoms with van der Waals surface area (Å²) < 4.78 is 32.6. The highest BCUT2D eigenvalue weighted by Gasteiger charge is 2.53. The minimum absolute atomic E-state index is 0.0258. The second-order valence-electron chi connectivity index (χ2n) is 10.6. The highest BCUT2D eigenvalue weighted by molar-refractivity contribution is 5.85. The van der Waals surface area contributed by atoms with Gasteiger partial charge in [-0.2, -0.15) is 0 Å². The predicted molar refractivity (Wildman–Crippen MR) is 159 cm³/mol. The van der Waals surface area contributed by atoms with Crippen molar-refractivity contribution in [2.45, 2.75) is 77.8 Å². The van der Waals surface area contributed by atoms with E-state index < -0.39 is 73.1 Å². The molecule has 1 heterocycles. The van der Waals surface area contributed by atoms with Gasteiger partial charge in [-0.25, -0.2) is 0 Å². The molecule has 14 nitrogen and oxygen atoms in total. The monoisotopic (exact) mass is 642 g/mol. The molecule has 0 aliphatic carbocycles. The molecule has 3 rings (SSSR count). The van der Waals surface area contributed by atoms with E-state index in [4.69, 9.17) is 28.4 Å². The molecule has 1 unspecified atom stereocenters. The van der Waals surface area contributed by atoms with E-state index in [1.807, 2.05) is 6.92 Å². The van der Waals surface area contributed by atoms with Gasteiger partial charge in [-0.3, -0.25) is 28.8 Å². The van der Waals surface area contributed by atoms with E-state index in [0.29, 0.717) is 23.3 Å². The number of rotatable bonds is 13. The number of benzene rings is 2. The third-order valence-electron chi connectivity index (χ3n) is 6.91. The molecule has 1 fully saturated rings. The summed E-state index contributed by atoms with van der Waals surface area (Å²) in [5.41, 5.74) is 2.06. The number of aryl methyl sites for hydroxylation is 1. The number of hydrogen-bond donors (Lipinski definition) is 1. The lowest BCUT2D eigenvalue weighted by molar-refractivity contribution is -0.257. The van der Waals surface area contributed by atoms with Crippen LogP contribution in [0.3, 0.4) is 0 Å². The van der Waals surface area contributed by atoms with E-state index in [2.05, 4.69) is 5.32 Å². The van der Waals surface area contributed by atoms with Crippen LogP contribution in [0.4, 0.5) is 0 Å². The minimum Gasteiger partial charge on any atom is -0.497 e. The molecule has 0 saturated carbocycles. The van der Waals surface area contributed by atoms with Crippen LogP contribution in [0.25, 0.3) is 0 Å². The molecule has 248 valence electrons. The number of carbonyl (C=O) groups is 6. The van der Waals surface area contributed by atoms with E-state index in [9.17, 15) is 28.8 Å². The lowest BCUT2D eigenvalue weighted by Gasteiger charge is -2.44. The van der Waals surface area contributed by atoms with Crippen LogP contribution in [0.5, 0.6) is 5.75 Å². The molecule has 14 heteroatoms. The van der Waals surface area contributed by atoms with E-state index in [0.717, 1.165) is 33.3 Å². The standard InChI is InChI=1S/C32H38N2O12/c1-18-7-11-24(12-8-18)27(34(17-35)15-23-9-13-25(41-6)14-10-23)31(40)33-32-30(45-22(5)39)29(44-21(4)38)28(43-20(3)37)26(46-32)16-42-19(2)36/h7-14,17,26-30,32H,15-16H2,1-6H3,(H,33,40)/t26-,27?,28-,29+,30-,32-/m1/s1. The SMILES string of the molecule is COc1ccc(CN(C=O)C(C(=O)N[C@@H]2O[C@H](COC(C)=O)[C@@H](OC(C)=O)[C@H](OC(C)=O)[C@H]2OC(C)=O)c2ccc(C)cc2)cc1. The van der Waals surface area contributed by atoms with Gasteiger partial charge in [0.05, 0.1) is 7.11 Å².